The van der Waals surface area contributed by atoms with Gasteiger partial charge in [-0.3, -0.25) is 15.1 Å². The second-order valence-electron chi connectivity index (χ2n) is 5.03. The van der Waals surface area contributed by atoms with Crippen molar-refractivity contribution in [3.05, 3.63) is 76.6 Å². The van der Waals surface area contributed by atoms with E-state index in [4.69, 9.17) is 0 Å². The summed E-state index contributed by atoms with van der Waals surface area (Å²) in [4.78, 5) is 19.1. The standard InChI is InChI=1S/C17H14N4O2/c1-12-7-8-14(21(22)23)10-16(12)20-17-6-2-5-15(19-17)13-4-3-9-18-11-13/h2-11H,1H3,(H,19,20). The smallest absolute Gasteiger partial charge is 0.271 e. The second kappa shape index (κ2) is 6.23. The number of rotatable bonds is 4. The molecule has 0 fully saturated rings. The predicted molar refractivity (Wildman–Crippen MR) is 88.6 cm³/mol. The van der Waals surface area contributed by atoms with Crippen LogP contribution in [0.3, 0.4) is 0 Å². The van der Waals surface area contributed by atoms with Crippen LogP contribution in [0.4, 0.5) is 17.2 Å². The molecule has 0 bridgehead atoms. The Kier molecular flexibility index (Phi) is 3.97. The number of pyridine rings is 2. The highest BCUT2D eigenvalue weighted by Gasteiger charge is 2.09. The highest BCUT2D eigenvalue weighted by atomic mass is 16.6. The third-order valence-corrected chi connectivity index (χ3v) is 3.40. The van der Waals surface area contributed by atoms with Crippen LogP contribution in [0, 0.1) is 17.0 Å². The summed E-state index contributed by atoms with van der Waals surface area (Å²) in [5.41, 5.74) is 3.30. The molecule has 0 amide bonds. The number of nitrogens with zero attached hydrogens (tertiary/aromatic N) is 3. The van der Waals surface area contributed by atoms with E-state index in [2.05, 4.69) is 15.3 Å². The maximum absolute atomic E-state index is 10.9. The summed E-state index contributed by atoms with van der Waals surface area (Å²) in [5, 5.41) is 14.1. The lowest BCUT2D eigenvalue weighted by atomic mass is 10.1. The Labute approximate surface area is 133 Å². The minimum atomic E-state index is -0.413. The predicted octanol–water partition coefficient (Wildman–Crippen LogP) is 4.10. The molecular weight excluding hydrogens is 292 g/mol. The van der Waals surface area contributed by atoms with Gasteiger partial charge in [-0.25, -0.2) is 4.98 Å². The molecule has 0 atom stereocenters. The van der Waals surface area contributed by atoms with Crippen LogP contribution in [0.2, 0.25) is 0 Å². The first-order valence-corrected chi connectivity index (χ1v) is 7.03. The van der Waals surface area contributed by atoms with E-state index in [0.717, 1.165) is 16.8 Å². The average molecular weight is 306 g/mol. The summed E-state index contributed by atoms with van der Waals surface area (Å²) in [6.07, 6.45) is 3.45. The summed E-state index contributed by atoms with van der Waals surface area (Å²) < 4.78 is 0. The Bertz CT molecular complexity index is 850. The Hall–Kier alpha value is -3.28. The molecule has 114 valence electrons. The average Bonchev–Trinajstić information content (AvgIpc) is 2.58. The number of hydrogen-bond acceptors (Lipinski definition) is 5. The lowest BCUT2D eigenvalue weighted by Crippen LogP contribution is -1.98. The van der Waals surface area contributed by atoms with E-state index in [1.54, 1.807) is 18.5 Å². The van der Waals surface area contributed by atoms with Gasteiger partial charge < -0.3 is 5.32 Å². The summed E-state index contributed by atoms with van der Waals surface area (Å²) in [6, 6.07) is 14.1. The topological polar surface area (TPSA) is 81.0 Å². The highest BCUT2D eigenvalue weighted by molar-refractivity contribution is 5.66. The third-order valence-electron chi connectivity index (χ3n) is 3.40. The quantitative estimate of drug-likeness (QED) is 0.579. The van der Waals surface area contributed by atoms with Crippen molar-refractivity contribution in [3.63, 3.8) is 0 Å². The van der Waals surface area contributed by atoms with E-state index >= 15 is 0 Å². The fraction of sp³-hybridized carbons (Fsp3) is 0.0588. The molecular formula is C17H14N4O2. The summed E-state index contributed by atoms with van der Waals surface area (Å²) in [5.74, 6) is 0.620. The van der Waals surface area contributed by atoms with Crippen molar-refractivity contribution in [3.8, 4) is 11.3 Å². The number of aryl methyl sites for hydroxylation is 1. The molecule has 0 spiro atoms. The second-order valence-corrected chi connectivity index (χ2v) is 5.03. The molecule has 0 saturated carbocycles. The summed E-state index contributed by atoms with van der Waals surface area (Å²) in [7, 11) is 0. The number of benzene rings is 1. The maximum atomic E-state index is 10.9. The molecule has 3 rings (SSSR count). The van der Waals surface area contributed by atoms with Crippen LogP contribution in [-0.4, -0.2) is 14.9 Å². The minimum absolute atomic E-state index is 0.0431. The number of nitro benzene ring substituents is 1. The number of non-ortho nitro benzene ring substituents is 1. The van der Waals surface area contributed by atoms with Gasteiger partial charge in [0.1, 0.15) is 5.82 Å². The zero-order valence-corrected chi connectivity index (χ0v) is 12.4. The van der Waals surface area contributed by atoms with Crippen molar-refractivity contribution in [2.75, 3.05) is 5.32 Å². The van der Waals surface area contributed by atoms with Gasteiger partial charge in [0.05, 0.1) is 10.6 Å². The normalized spacial score (nSPS) is 10.3. The van der Waals surface area contributed by atoms with Crippen LogP contribution in [0.25, 0.3) is 11.3 Å². The lowest BCUT2D eigenvalue weighted by Gasteiger charge is -2.10. The molecule has 6 heteroatoms. The van der Waals surface area contributed by atoms with Crippen molar-refractivity contribution in [1.29, 1.82) is 0 Å². The van der Waals surface area contributed by atoms with Gasteiger partial charge >= 0.3 is 0 Å². The molecule has 0 aliphatic heterocycles. The van der Waals surface area contributed by atoms with Crippen LogP contribution < -0.4 is 5.32 Å². The maximum Gasteiger partial charge on any atom is 0.271 e. The van der Waals surface area contributed by atoms with Crippen LogP contribution in [0.1, 0.15) is 5.56 Å². The van der Waals surface area contributed by atoms with Gasteiger partial charge in [-0.05, 0) is 36.8 Å². The largest absolute Gasteiger partial charge is 0.340 e. The summed E-state index contributed by atoms with van der Waals surface area (Å²) >= 11 is 0. The molecule has 2 aromatic heterocycles. The monoisotopic (exact) mass is 306 g/mol. The number of anilines is 2. The molecule has 23 heavy (non-hydrogen) atoms. The first-order valence-electron chi connectivity index (χ1n) is 7.03. The van der Waals surface area contributed by atoms with Crippen LogP contribution in [0.15, 0.2) is 60.9 Å². The van der Waals surface area contributed by atoms with Crippen molar-refractivity contribution < 1.29 is 4.92 Å². The minimum Gasteiger partial charge on any atom is -0.340 e. The van der Waals surface area contributed by atoms with Gasteiger partial charge in [0.15, 0.2) is 0 Å². The van der Waals surface area contributed by atoms with Crippen molar-refractivity contribution in [2.45, 2.75) is 6.92 Å². The van der Waals surface area contributed by atoms with Crippen LogP contribution in [0.5, 0.6) is 0 Å². The lowest BCUT2D eigenvalue weighted by molar-refractivity contribution is -0.384. The fourth-order valence-corrected chi connectivity index (χ4v) is 2.18. The van der Waals surface area contributed by atoms with Crippen molar-refractivity contribution >= 4 is 17.2 Å². The summed E-state index contributed by atoms with van der Waals surface area (Å²) in [6.45, 7) is 1.89. The molecule has 1 N–H and O–H groups in total. The van der Waals surface area contributed by atoms with E-state index in [1.807, 2.05) is 37.3 Å². The Morgan fingerprint density at radius 2 is 2.00 bits per heavy atom. The first kappa shape index (κ1) is 14.6. The van der Waals surface area contributed by atoms with Gasteiger partial charge in [-0.2, -0.15) is 0 Å². The van der Waals surface area contributed by atoms with E-state index in [9.17, 15) is 10.1 Å². The van der Waals surface area contributed by atoms with Gasteiger partial charge in [-0.15, -0.1) is 0 Å². The zero-order chi connectivity index (χ0) is 16.2. The van der Waals surface area contributed by atoms with Crippen LogP contribution in [-0.2, 0) is 0 Å². The van der Waals surface area contributed by atoms with E-state index in [-0.39, 0.29) is 5.69 Å². The fourth-order valence-electron chi connectivity index (χ4n) is 2.18. The van der Waals surface area contributed by atoms with Crippen LogP contribution >= 0.6 is 0 Å². The van der Waals surface area contributed by atoms with Gasteiger partial charge in [-0.1, -0.05) is 12.1 Å². The first-order chi connectivity index (χ1) is 11.1. The molecule has 2 heterocycles. The number of hydrogen-bond donors (Lipinski definition) is 1. The van der Waals surface area contributed by atoms with Crippen molar-refractivity contribution in [1.82, 2.24) is 9.97 Å². The van der Waals surface area contributed by atoms with E-state index in [1.165, 1.54) is 12.1 Å². The Balaban J connectivity index is 1.92. The zero-order valence-electron chi connectivity index (χ0n) is 12.4. The van der Waals surface area contributed by atoms with E-state index < -0.39 is 4.92 Å². The molecule has 0 radical (unpaired) electrons. The van der Waals surface area contributed by atoms with E-state index in [0.29, 0.717) is 11.5 Å². The molecule has 0 aliphatic carbocycles. The molecule has 0 unspecified atom stereocenters. The third kappa shape index (κ3) is 3.32. The number of aromatic nitrogens is 2. The van der Waals surface area contributed by atoms with Crippen molar-refractivity contribution in [2.24, 2.45) is 0 Å². The van der Waals surface area contributed by atoms with Gasteiger partial charge in [0.25, 0.3) is 5.69 Å². The highest BCUT2D eigenvalue weighted by Crippen LogP contribution is 2.25. The molecule has 0 aliphatic rings. The number of nitrogens with one attached hydrogen (secondary N) is 1. The Morgan fingerprint density at radius 3 is 2.74 bits per heavy atom. The van der Waals surface area contributed by atoms with Gasteiger partial charge in [0, 0.05) is 35.8 Å². The molecule has 1 aromatic carbocycles. The Morgan fingerprint density at radius 1 is 1.13 bits per heavy atom. The van der Waals surface area contributed by atoms with Gasteiger partial charge in [0.2, 0.25) is 0 Å². The molecule has 6 nitrogen and oxygen atoms in total. The SMILES string of the molecule is Cc1ccc([N+](=O)[O-])cc1Nc1cccc(-c2cccnc2)n1. The molecule has 0 saturated heterocycles. The molecule has 3 aromatic rings. The number of nitro groups is 1.